The van der Waals surface area contributed by atoms with Gasteiger partial charge in [0.1, 0.15) is 0 Å². The number of nitrogens with one attached hydrogen (secondary N) is 1. The Hall–Kier alpha value is -1.69. The predicted octanol–water partition coefficient (Wildman–Crippen LogP) is 1.98. The summed E-state index contributed by atoms with van der Waals surface area (Å²) in [6.07, 6.45) is 3.19. The fraction of sp³-hybridized carbons (Fsp3) is 0.667. The van der Waals surface area contributed by atoms with Gasteiger partial charge in [-0.1, -0.05) is 5.16 Å². The minimum Gasteiger partial charge on any atom is -0.339 e. The monoisotopic (exact) mass is 289 g/mol. The molecule has 0 bridgehead atoms. The summed E-state index contributed by atoms with van der Waals surface area (Å²) in [6, 6.07) is 2.46. The van der Waals surface area contributed by atoms with E-state index in [4.69, 9.17) is 4.52 Å². The Bertz CT molecular complexity index is 599. The molecule has 1 atom stereocenters. The Kier molecular flexibility index (Phi) is 4.05. The summed E-state index contributed by atoms with van der Waals surface area (Å²) in [5, 5.41) is 12.0. The van der Waals surface area contributed by atoms with E-state index < -0.39 is 0 Å². The molecule has 0 radical (unpaired) electrons. The molecule has 114 valence electrons. The Labute approximate surface area is 124 Å². The van der Waals surface area contributed by atoms with Gasteiger partial charge in [-0.15, -0.1) is 0 Å². The fourth-order valence-corrected chi connectivity index (χ4v) is 2.48. The van der Waals surface area contributed by atoms with Gasteiger partial charge in [-0.3, -0.25) is 4.68 Å². The molecule has 6 heteroatoms. The van der Waals surface area contributed by atoms with Crippen LogP contribution in [0.5, 0.6) is 0 Å². The lowest BCUT2D eigenvalue weighted by molar-refractivity contribution is 0.372. The average Bonchev–Trinajstić information content (AvgIpc) is 3.09. The van der Waals surface area contributed by atoms with Crippen LogP contribution in [0.3, 0.4) is 0 Å². The summed E-state index contributed by atoms with van der Waals surface area (Å²) in [7, 11) is 0. The van der Waals surface area contributed by atoms with Crippen LogP contribution in [0.1, 0.15) is 48.8 Å². The van der Waals surface area contributed by atoms with E-state index in [1.807, 2.05) is 11.6 Å². The highest BCUT2D eigenvalue weighted by molar-refractivity contribution is 5.06. The first-order valence-corrected chi connectivity index (χ1v) is 7.68. The summed E-state index contributed by atoms with van der Waals surface area (Å²) in [5.74, 6) is 2.16. The lowest BCUT2D eigenvalue weighted by atomic mass is 10.3. The average molecular weight is 289 g/mol. The minimum absolute atomic E-state index is 0.359. The van der Waals surface area contributed by atoms with Crippen molar-refractivity contribution in [3.05, 3.63) is 29.2 Å². The van der Waals surface area contributed by atoms with E-state index in [1.165, 1.54) is 18.5 Å². The van der Waals surface area contributed by atoms with Crippen molar-refractivity contribution in [1.82, 2.24) is 25.2 Å². The molecule has 0 saturated heterocycles. The zero-order valence-corrected chi connectivity index (χ0v) is 13.0. The smallest absolute Gasteiger partial charge is 0.229 e. The van der Waals surface area contributed by atoms with Crippen molar-refractivity contribution in [3.8, 4) is 0 Å². The van der Waals surface area contributed by atoms with Crippen LogP contribution in [0.25, 0.3) is 0 Å². The van der Waals surface area contributed by atoms with Crippen molar-refractivity contribution in [1.29, 1.82) is 0 Å². The van der Waals surface area contributed by atoms with E-state index in [1.54, 1.807) is 0 Å². The molecule has 0 aliphatic heterocycles. The molecule has 2 aromatic rings. The number of hydrogen-bond acceptors (Lipinski definition) is 5. The number of aromatic nitrogens is 4. The molecule has 0 aromatic carbocycles. The highest BCUT2D eigenvalue weighted by atomic mass is 16.5. The Morgan fingerprint density at radius 3 is 2.90 bits per heavy atom. The van der Waals surface area contributed by atoms with Crippen molar-refractivity contribution in [2.24, 2.45) is 0 Å². The van der Waals surface area contributed by atoms with Gasteiger partial charge in [0.15, 0.2) is 5.82 Å². The summed E-state index contributed by atoms with van der Waals surface area (Å²) in [4.78, 5) is 4.44. The van der Waals surface area contributed by atoms with Gasteiger partial charge in [0.2, 0.25) is 5.89 Å². The van der Waals surface area contributed by atoms with Crippen LogP contribution in [0.4, 0.5) is 0 Å². The molecule has 2 aromatic heterocycles. The van der Waals surface area contributed by atoms with Crippen molar-refractivity contribution >= 4 is 0 Å². The summed E-state index contributed by atoms with van der Waals surface area (Å²) in [5.41, 5.74) is 2.27. The molecular weight excluding hydrogens is 266 g/mol. The zero-order valence-electron chi connectivity index (χ0n) is 13.0. The third kappa shape index (κ3) is 3.69. The van der Waals surface area contributed by atoms with E-state index in [0.29, 0.717) is 12.0 Å². The van der Waals surface area contributed by atoms with E-state index in [9.17, 15) is 0 Å². The lowest BCUT2D eigenvalue weighted by Gasteiger charge is -2.14. The van der Waals surface area contributed by atoms with Crippen molar-refractivity contribution in [3.63, 3.8) is 0 Å². The molecule has 1 aliphatic carbocycles. The van der Waals surface area contributed by atoms with Crippen molar-refractivity contribution < 1.29 is 4.52 Å². The fourth-order valence-electron chi connectivity index (χ4n) is 2.48. The first-order valence-electron chi connectivity index (χ1n) is 7.68. The summed E-state index contributed by atoms with van der Waals surface area (Å²) >= 11 is 0. The van der Waals surface area contributed by atoms with E-state index in [-0.39, 0.29) is 0 Å². The summed E-state index contributed by atoms with van der Waals surface area (Å²) in [6.45, 7) is 8.01. The van der Waals surface area contributed by atoms with Crippen LogP contribution < -0.4 is 5.32 Å². The Morgan fingerprint density at radius 1 is 1.43 bits per heavy atom. The maximum absolute atomic E-state index is 5.26. The molecule has 2 heterocycles. The predicted molar refractivity (Wildman–Crippen MR) is 79.1 cm³/mol. The normalized spacial score (nSPS) is 16.3. The SMILES string of the molecule is Cc1cc(C)n(CC(C)NCCc2noc(C3CC3)n2)n1. The maximum Gasteiger partial charge on any atom is 0.229 e. The van der Waals surface area contributed by atoms with Crippen molar-refractivity contribution in [2.75, 3.05) is 6.54 Å². The van der Waals surface area contributed by atoms with Crippen LogP contribution >= 0.6 is 0 Å². The largest absolute Gasteiger partial charge is 0.339 e. The van der Waals surface area contributed by atoms with Gasteiger partial charge in [0.05, 0.1) is 12.2 Å². The molecular formula is C15H23N5O. The molecule has 0 amide bonds. The van der Waals surface area contributed by atoms with E-state index in [2.05, 4.69) is 40.5 Å². The van der Waals surface area contributed by atoms with E-state index in [0.717, 1.165) is 36.9 Å². The highest BCUT2D eigenvalue weighted by Gasteiger charge is 2.29. The number of hydrogen-bond donors (Lipinski definition) is 1. The minimum atomic E-state index is 0.359. The third-order valence-corrected chi connectivity index (χ3v) is 3.80. The van der Waals surface area contributed by atoms with Gasteiger partial charge in [0, 0.05) is 30.6 Å². The van der Waals surface area contributed by atoms with E-state index >= 15 is 0 Å². The van der Waals surface area contributed by atoms with Gasteiger partial charge in [-0.2, -0.15) is 10.1 Å². The first-order chi connectivity index (χ1) is 10.1. The van der Waals surface area contributed by atoms with Crippen LogP contribution in [-0.2, 0) is 13.0 Å². The molecule has 1 N–H and O–H groups in total. The first kappa shape index (κ1) is 14.3. The van der Waals surface area contributed by atoms with Crippen LogP contribution in [0, 0.1) is 13.8 Å². The number of aryl methyl sites for hydroxylation is 2. The van der Waals surface area contributed by atoms with Gasteiger partial charge in [-0.05, 0) is 39.7 Å². The molecule has 1 unspecified atom stereocenters. The molecule has 6 nitrogen and oxygen atoms in total. The van der Waals surface area contributed by atoms with Crippen LogP contribution in [0.15, 0.2) is 10.6 Å². The highest BCUT2D eigenvalue weighted by Crippen LogP contribution is 2.38. The van der Waals surface area contributed by atoms with Crippen molar-refractivity contribution in [2.45, 2.75) is 58.5 Å². The van der Waals surface area contributed by atoms with Crippen LogP contribution in [-0.4, -0.2) is 32.5 Å². The third-order valence-electron chi connectivity index (χ3n) is 3.80. The molecule has 0 spiro atoms. The molecule has 1 aliphatic rings. The molecule has 1 fully saturated rings. The Balaban J connectivity index is 1.42. The maximum atomic E-state index is 5.26. The molecule has 21 heavy (non-hydrogen) atoms. The summed E-state index contributed by atoms with van der Waals surface area (Å²) < 4.78 is 7.31. The van der Waals surface area contributed by atoms with Gasteiger partial charge in [0.25, 0.3) is 0 Å². The molecule has 1 saturated carbocycles. The zero-order chi connectivity index (χ0) is 14.8. The van der Waals surface area contributed by atoms with Gasteiger partial charge in [-0.25, -0.2) is 0 Å². The second-order valence-corrected chi connectivity index (χ2v) is 6.04. The second kappa shape index (κ2) is 5.97. The van der Waals surface area contributed by atoms with Crippen LogP contribution in [0.2, 0.25) is 0 Å². The lowest BCUT2D eigenvalue weighted by Crippen LogP contribution is -2.32. The quantitative estimate of drug-likeness (QED) is 0.844. The van der Waals surface area contributed by atoms with Gasteiger partial charge < -0.3 is 9.84 Å². The Morgan fingerprint density at radius 2 is 2.24 bits per heavy atom. The standard InChI is InChI=1S/C15H23N5O/c1-10-8-12(3)20(18-10)9-11(2)16-7-6-14-17-15(21-19-14)13-4-5-13/h8,11,13,16H,4-7,9H2,1-3H3. The molecule has 3 rings (SSSR count). The topological polar surface area (TPSA) is 68.8 Å². The second-order valence-electron chi connectivity index (χ2n) is 6.04. The van der Waals surface area contributed by atoms with Gasteiger partial charge >= 0.3 is 0 Å². The number of nitrogens with zero attached hydrogens (tertiary/aromatic N) is 4. The number of rotatable bonds is 7.